The highest BCUT2D eigenvalue weighted by Gasteiger charge is 2.38. The van der Waals surface area contributed by atoms with Crippen LogP contribution in [0.1, 0.15) is 47.9 Å². The summed E-state index contributed by atoms with van der Waals surface area (Å²) in [6, 6.07) is 24.7. The number of carbonyl (C=O) groups is 2. The van der Waals surface area contributed by atoms with Crippen LogP contribution in [0.15, 0.2) is 108 Å². The molecule has 4 aromatic rings. The Bertz CT molecular complexity index is 1850. The number of sulfonamides is 1. The molecule has 1 atom stereocenters. The van der Waals surface area contributed by atoms with Crippen molar-refractivity contribution < 1.29 is 31.2 Å². The van der Waals surface area contributed by atoms with Crippen molar-refractivity contribution in [2.24, 2.45) is 0 Å². The third-order valence-corrected chi connectivity index (χ3v) is 10.7. The van der Waals surface area contributed by atoms with Gasteiger partial charge in [0, 0.05) is 19.0 Å². The van der Waals surface area contributed by atoms with Gasteiger partial charge in [0.05, 0.1) is 21.2 Å². The number of alkyl halides is 3. The minimum Gasteiger partial charge on any atom is -0.352 e. The summed E-state index contributed by atoms with van der Waals surface area (Å²) in [5.41, 5.74) is 0.771. The first-order valence-corrected chi connectivity index (χ1v) is 17.8. The van der Waals surface area contributed by atoms with Crippen LogP contribution < -0.4 is 9.62 Å². The van der Waals surface area contributed by atoms with E-state index >= 15 is 0 Å². The third-order valence-electron chi connectivity index (χ3n) is 8.60. The fourth-order valence-corrected chi connectivity index (χ4v) is 7.64. The Morgan fingerprint density at radius 2 is 1.49 bits per heavy atom. The van der Waals surface area contributed by atoms with Crippen LogP contribution in [0, 0.1) is 6.92 Å². The molecule has 1 N–H and O–H groups in total. The summed E-state index contributed by atoms with van der Waals surface area (Å²) in [4.78, 5) is 29.8. The summed E-state index contributed by atoms with van der Waals surface area (Å²) in [6.45, 7) is 0.918. The van der Waals surface area contributed by atoms with E-state index in [0.717, 1.165) is 48.9 Å². The zero-order chi connectivity index (χ0) is 35.2. The van der Waals surface area contributed by atoms with E-state index in [9.17, 15) is 31.2 Å². The Hall–Kier alpha value is -4.35. The van der Waals surface area contributed by atoms with E-state index < -0.39 is 51.9 Å². The molecule has 0 radical (unpaired) electrons. The molecule has 1 saturated carbocycles. The van der Waals surface area contributed by atoms with Crippen molar-refractivity contribution in [3.63, 3.8) is 0 Å². The van der Waals surface area contributed by atoms with Crippen LogP contribution >= 0.6 is 11.6 Å². The molecule has 0 heterocycles. The second-order valence-corrected chi connectivity index (χ2v) is 14.5. The summed E-state index contributed by atoms with van der Waals surface area (Å²) >= 11 is 6.40. The van der Waals surface area contributed by atoms with Crippen molar-refractivity contribution in [3.8, 4) is 0 Å². The monoisotopic (exact) mass is 711 g/mol. The fraction of sp³-hybridized carbons (Fsp3) is 0.297. The highest BCUT2D eigenvalue weighted by molar-refractivity contribution is 7.92. The van der Waals surface area contributed by atoms with E-state index in [-0.39, 0.29) is 28.9 Å². The maximum Gasteiger partial charge on any atom is 0.416 e. The Labute approximate surface area is 289 Å². The van der Waals surface area contributed by atoms with Crippen LogP contribution in [0.3, 0.4) is 0 Å². The van der Waals surface area contributed by atoms with E-state index in [0.29, 0.717) is 15.9 Å². The molecule has 0 bridgehead atoms. The van der Waals surface area contributed by atoms with Gasteiger partial charge in [-0.2, -0.15) is 13.2 Å². The Balaban J connectivity index is 1.61. The molecule has 258 valence electrons. The first kappa shape index (κ1) is 35.9. The van der Waals surface area contributed by atoms with E-state index in [1.165, 1.54) is 29.2 Å². The summed E-state index contributed by atoms with van der Waals surface area (Å²) in [6.07, 6.45) is -1.18. The number of rotatable bonds is 12. The van der Waals surface area contributed by atoms with Crippen molar-refractivity contribution >= 4 is 39.1 Å². The number of hydrogen-bond acceptors (Lipinski definition) is 4. The van der Waals surface area contributed by atoms with Gasteiger partial charge >= 0.3 is 6.18 Å². The lowest BCUT2D eigenvalue weighted by molar-refractivity contribution is -0.140. The van der Waals surface area contributed by atoms with Crippen molar-refractivity contribution in [1.82, 2.24) is 10.2 Å². The van der Waals surface area contributed by atoms with Crippen LogP contribution in [0.5, 0.6) is 0 Å². The molecule has 7 nitrogen and oxygen atoms in total. The minimum absolute atomic E-state index is 0.0652. The highest BCUT2D eigenvalue weighted by atomic mass is 35.5. The second kappa shape index (κ2) is 15.5. The largest absolute Gasteiger partial charge is 0.416 e. The molecular formula is C37H37ClF3N3O4S. The van der Waals surface area contributed by atoms with Gasteiger partial charge in [0.2, 0.25) is 11.8 Å². The maximum atomic E-state index is 14.6. The lowest BCUT2D eigenvalue weighted by Crippen LogP contribution is -2.54. The highest BCUT2D eigenvalue weighted by Crippen LogP contribution is 2.37. The Morgan fingerprint density at radius 1 is 0.878 bits per heavy atom. The Morgan fingerprint density at radius 3 is 2.10 bits per heavy atom. The number of carbonyl (C=O) groups excluding carboxylic acids is 2. The molecule has 2 amide bonds. The smallest absolute Gasteiger partial charge is 0.352 e. The second-order valence-electron chi connectivity index (χ2n) is 12.2. The molecule has 1 fully saturated rings. The molecule has 0 saturated heterocycles. The number of hydrogen-bond donors (Lipinski definition) is 1. The zero-order valence-corrected chi connectivity index (χ0v) is 28.4. The lowest BCUT2D eigenvalue weighted by Gasteiger charge is -2.34. The molecule has 0 spiro atoms. The lowest BCUT2D eigenvalue weighted by atomic mass is 10.0. The van der Waals surface area contributed by atoms with Gasteiger partial charge in [-0.3, -0.25) is 13.9 Å². The standard InChI is InChI=1S/C37H37ClF3N3O4S/c1-26-16-18-28(19-17-26)24-43(34(22-27-10-4-2-5-11-27)36(46)42-30-12-8-9-13-30)35(45)25-44(49(47,48)31-14-6-3-7-15-31)33-23-29(37(39,40)41)20-21-32(33)38/h2-7,10-11,14-21,23,30,34H,8-9,12-13,22,24-25H2,1H3,(H,42,46)/t34-/m1/s1. The van der Waals surface area contributed by atoms with Crippen molar-refractivity contribution in [2.45, 2.75) is 68.7 Å². The number of nitrogens with zero attached hydrogens (tertiary/aromatic N) is 2. The number of amides is 2. The molecule has 4 aromatic carbocycles. The predicted octanol–water partition coefficient (Wildman–Crippen LogP) is 7.56. The molecule has 0 aliphatic heterocycles. The van der Waals surface area contributed by atoms with Gasteiger partial charge in [0.25, 0.3) is 10.0 Å². The van der Waals surface area contributed by atoms with Gasteiger partial charge < -0.3 is 10.2 Å². The van der Waals surface area contributed by atoms with Gasteiger partial charge in [-0.1, -0.05) is 103 Å². The zero-order valence-electron chi connectivity index (χ0n) is 26.9. The predicted molar refractivity (Wildman–Crippen MR) is 183 cm³/mol. The molecule has 1 aliphatic rings. The summed E-state index contributed by atoms with van der Waals surface area (Å²) in [5.74, 6) is -1.19. The van der Waals surface area contributed by atoms with Crippen LogP contribution in [0.2, 0.25) is 5.02 Å². The average molecular weight is 712 g/mol. The topological polar surface area (TPSA) is 86.8 Å². The van der Waals surface area contributed by atoms with Crippen molar-refractivity contribution in [3.05, 3.63) is 130 Å². The number of anilines is 1. The van der Waals surface area contributed by atoms with Gasteiger partial charge in [-0.15, -0.1) is 0 Å². The third kappa shape index (κ3) is 9.01. The number of halogens is 4. The molecule has 5 rings (SSSR count). The van der Waals surface area contributed by atoms with E-state index in [4.69, 9.17) is 11.6 Å². The fourth-order valence-electron chi connectivity index (χ4n) is 5.92. The van der Waals surface area contributed by atoms with Gasteiger partial charge in [-0.05, 0) is 61.2 Å². The molecule has 12 heteroatoms. The first-order valence-electron chi connectivity index (χ1n) is 16.0. The van der Waals surface area contributed by atoms with E-state index in [1.807, 2.05) is 61.5 Å². The normalized spacial score (nSPS) is 14.3. The van der Waals surface area contributed by atoms with E-state index in [2.05, 4.69) is 5.32 Å². The Kier molecular flexibility index (Phi) is 11.3. The quantitative estimate of drug-likeness (QED) is 0.164. The number of nitrogens with one attached hydrogen (secondary N) is 1. The number of benzene rings is 4. The molecule has 0 aromatic heterocycles. The van der Waals surface area contributed by atoms with Crippen LogP contribution in [-0.4, -0.2) is 43.8 Å². The summed E-state index contributed by atoms with van der Waals surface area (Å²) in [5, 5.41) is 2.79. The van der Waals surface area contributed by atoms with E-state index in [1.54, 1.807) is 6.07 Å². The van der Waals surface area contributed by atoms with Crippen molar-refractivity contribution in [2.75, 3.05) is 10.8 Å². The SMILES string of the molecule is Cc1ccc(CN(C(=O)CN(c2cc(C(F)(F)F)ccc2Cl)S(=O)(=O)c2ccccc2)[C@H](Cc2ccccc2)C(=O)NC2CCCC2)cc1. The van der Waals surface area contributed by atoms with Crippen LogP contribution in [-0.2, 0) is 38.8 Å². The van der Waals surface area contributed by atoms with Crippen molar-refractivity contribution in [1.29, 1.82) is 0 Å². The first-order chi connectivity index (χ1) is 23.3. The van der Waals surface area contributed by atoms with Gasteiger partial charge in [0.15, 0.2) is 0 Å². The molecule has 49 heavy (non-hydrogen) atoms. The number of aryl methyl sites for hydroxylation is 1. The van der Waals surface area contributed by atoms with Crippen LogP contribution in [0.25, 0.3) is 0 Å². The van der Waals surface area contributed by atoms with Gasteiger partial charge in [0.1, 0.15) is 12.6 Å². The molecule has 1 aliphatic carbocycles. The minimum atomic E-state index is -4.82. The van der Waals surface area contributed by atoms with Gasteiger partial charge in [-0.25, -0.2) is 8.42 Å². The molecular weight excluding hydrogens is 675 g/mol. The average Bonchev–Trinajstić information content (AvgIpc) is 3.59. The molecule has 0 unspecified atom stereocenters. The summed E-state index contributed by atoms with van der Waals surface area (Å²) in [7, 11) is -4.64. The van der Waals surface area contributed by atoms with Crippen LogP contribution in [0.4, 0.5) is 18.9 Å². The summed E-state index contributed by atoms with van der Waals surface area (Å²) < 4.78 is 70.6. The maximum absolute atomic E-state index is 14.6.